The molecule has 0 aromatic heterocycles. The molecule has 1 aromatic rings. The van der Waals surface area contributed by atoms with E-state index < -0.39 is 6.10 Å². The first kappa shape index (κ1) is 20.9. The topological polar surface area (TPSA) is 41.9 Å². The fraction of sp³-hybridized carbons (Fsp3) is 0.680. The lowest BCUT2D eigenvalue weighted by Gasteiger charge is -2.49. The highest BCUT2D eigenvalue weighted by Crippen LogP contribution is 2.50. The highest BCUT2D eigenvalue weighted by Gasteiger charge is 2.45. The Morgan fingerprint density at radius 2 is 1.90 bits per heavy atom. The third-order valence-corrected chi connectivity index (χ3v) is 7.20. The van der Waals surface area contributed by atoms with Crippen LogP contribution in [-0.2, 0) is 4.74 Å². The lowest BCUT2D eigenvalue weighted by molar-refractivity contribution is -0.166. The zero-order chi connectivity index (χ0) is 20.4. The van der Waals surface area contributed by atoms with Crippen LogP contribution in [0.25, 0.3) is 0 Å². The Labute approximate surface area is 175 Å². The number of aliphatic hydroxyl groups excluding tert-OH is 1. The molecule has 4 heteroatoms. The van der Waals surface area contributed by atoms with E-state index in [2.05, 4.69) is 43.9 Å². The molecule has 2 aliphatic heterocycles. The standard InChI is InChI=1S/C25H37NO3/c1-18-7-10-20-15-23(18)24(29-25(20,2)3)19-8-11-22(12-9-19)28-17-21(27)16-26-13-5-4-6-14-26/h7-9,11-12,20-21,23-24,27H,4-6,10,13-17H2,1-3H3/t20-,21-,23+,24-/m1/s1. The lowest BCUT2D eigenvalue weighted by Crippen LogP contribution is -2.45. The number of hydrogen-bond donors (Lipinski definition) is 1. The first-order valence-corrected chi connectivity index (χ1v) is 11.4. The second kappa shape index (κ2) is 8.79. The zero-order valence-electron chi connectivity index (χ0n) is 18.3. The van der Waals surface area contributed by atoms with Gasteiger partial charge in [0.1, 0.15) is 18.5 Å². The number of nitrogens with zero attached hydrogens (tertiary/aromatic N) is 1. The van der Waals surface area contributed by atoms with Gasteiger partial charge in [-0.1, -0.05) is 30.2 Å². The van der Waals surface area contributed by atoms with Gasteiger partial charge in [0.2, 0.25) is 0 Å². The number of ether oxygens (including phenoxy) is 2. The summed E-state index contributed by atoms with van der Waals surface area (Å²) in [5.74, 6) is 1.90. The van der Waals surface area contributed by atoms with Crippen LogP contribution in [0, 0.1) is 11.8 Å². The number of allylic oxidation sites excluding steroid dienone is 1. The molecule has 0 amide bonds. The predicted molar refractivity (Wildman–Crippen MR) is 116 cm³/mol. The number of piperidine rings is 1. The summed E-state index contributed by atoms with van der Waals surface area (Å²) in [6, 6.07) is 8.31. The van der Waals surface area contributed by atoms with Crippen molar-refractivity contribution in [2.24, 2.45) is 11.8 Å². The van der Waals surface area contributed by atoms with E-state index in [0.717, 1.165) is 25.3 Å². The smallest absolute Gasteiger partial charge is 0.119 e. The predicted octanol–water partition coefficient (Wildman–Crippen LogP) is 4.73. The van der Waals surface area contributed by atoms with Crippen molar-refractivity contribution in [2.75, 3.05) is 26.2 Å². The summed E-state index contributed by atoms with van der Waals surface area (Å²) in [6.45, 7) is 9.95. The number of β-amino-alcohol motifs (C(OH)–C–C–N with tert-alkyl or cyclic N) is 1. The Bertz CT molecular complexity index is 705. The van der Waals surface area contributed by atoms with Crippen LogP contribution in [0.3, 0.4) is 0 Å². The van der Waals surface area contributed by atoms with Crippen molar-refractivity contribution >= 4 is 0 Å². The Morgan fingerprint density at radius 3 is 2.62 bits per heavy atom. The van der Waals surface area contributed by atoms with Gasteiger partial charge in [-0.15, -0.1) is 0 Å². The number of fused-ring (bicyclic) bond motifs is 2. The van der Waals surface area contributed by atoms with E-state index in [-0.39, 0.29) is 11.7 Å². The maximum atomic E-state index is 10.3. The second-order valence-corrected chi connectivity index (χ2v) is 9.76. The van der Waals surface area contributed by atoms with Crippen molar-refractivity contribution in [2.45, 2.75) is 70.7 Å². The second-order valence-electron chi connectivity index (χ2n) is 9.76. The van der Waals surface area contributed by atoms with Crippen molar-refractivity contribution in [1.82, 2.24) is 4.90 Å². The van der Waals surface area contributed by atoms with Gasteiger partial charge in [0.15, 0.2) is 0 Å². The summed E-state index contributed by atoms with van der Waals surface area (Å²) < 4.78 is 12.5. The molecule has 4 nitrogen and oxygen atoms in total. The van der Waals surface area contributed by atoms with E-state index in [0.29, 0.717) is 25.0 Å². The monoisotopic (exact) mass is 399 g/mol. The molecular weight excluding hydrogens is 362 g/mol. The van der Waals surface area contributed by atoms with E-state index in [1.54, 1.807) is 0 Å². The fourth-order valence-corrected chi connectivity index (χ4v) is 5.24. The Kier molecular flexibility index (Phi) is 6.33. The Morgan fingerprint density at radius 1 is 1.17 bits per heavy atom. The van der Waals surface area contributed by atoms with Gasteiger partial charge in [0.05, 0.1) is 11.7 Å². The molecule has 3 aliphatic rings. The Balaban J connectivity index is 1.35. The van der Waals surface area contributed by atoms with Crippen molar-refractivity contribution in [1.29, 1.82) is 0 Å². The van der Waals surface area contributed by atoms with Crippen LogP contribution in [-0.4, -0.2) is 48.0 Å². The van der Waals surface area contributed by atoms with Crippen LogP contribution < -0.4 is 4.74 Å². The van der Waals surface area contributed by atoms with E-state index >= 15 is 0 Å². The maximum Gasteiger partial charge on any atom is 0.119 e. The van der Waals surface area contributed by atoms with E-state index in [9.17, 15) is 5.11 Å². The van der Waals surface area contributed by atoms with Gasteiger partial charge in [-0.25, -0.2) is 0 Å². The first-order valence-electron chi connectivity index (χ1n) is 11.4. The molecule has 0 unspecified atom stereocenters. The third-order valence-electron chi connectivity index (χ3n) is 7.20. The normalized spacial score (nSPS) is 30.5. The van der Waals surface area contributed by atoms with Gasteiger partial charge in [0.25, 0.3) is 0 Å². The molecule has 0 saturated carbocycles. The molecule has 160 valence electrons. The largest absolute Gasteiger partial charge is 0.491 e. The summed E-state index contributed by atoms with van der Waals surface area (Å²) in [5, 5.41) is 10.3. The van der Waals surface area contributed by atoms with Gasteiger partial charge in [-0.05, 0) is 83.2 Å². The van der Waals surface area contributed by atoms with E-state index in [1.165, 1.54) is 36.8 Å². The van der Waals surface area contributed by atoms with Crippen molar-refractivity contribution < 1.29 is 14.6 Å². The van der Waals surface area contributed by atoms with Crippen LogP contribution in [0.15, 0.2) is 35.9 Å². The van der Waals surface area contributed by atoms with Crippen molar-refractivity contribution in [3.05, 3.63) is 41.5 Å². The van der Waals surface area contributed by atoms with Crippen LogP contribution >= 0.6 is 0 Å². The molecule has 0 spiro atoms. The SMILES string of the molecule is CC1=CC[C@@H]2C[C@@H]1[C@@H](c1ccc(OC[C@H](O)CN3CCCCC3)cc1)OC2(C)C. The van der Waals surface area contributed by atoms with E-state index in [4.69, 9.17) is 9.47 Å². The summed E-state index contributed by atoms with van der Waals surface area (Å²) in [7, 11) is 0. The van der Waals surface area contributed by atoms with Crippen LogP contribution in [0.4, 0.5) is 0 Å². The minimum Gasteiger partial charge on any atom is -0.491 e. The van der Waals surface area contributed by atoms with Gasteiger partial charge in [-0.2, -0.15) is 0 Å². The van der Waals surface area contributed by atoms with Gasteiger partial charge in [-0.3, -0.25) is 0 Å². The average Bonchev–Trinajstić information content (AvgIpc) is 2.72. The molecule has 2 saturated heterocycles. The molecule has 1 aromatic carbocycles. The highest BCUT2D eigenvalue weighted by molar-refractivity contribution is 5.31. The Hall–Kier alpha value is -1.36. The molecule has 29 heavy (non-hydrogen) atoms. The fourth-order valence-electron chi connectivity index (χ4n) is 5.24. The molecule has 4 rings (SSSR count). The van der Waals surface area contributed by atoms with Crippen LogP contribution in [0.5, 0.6) is 5.75 Å². The minimum atomic E-state index is -0.442. The van der Waals surface area contributed by atoms with E-state index in [1.807, 2.05) is 12.1 Å². The molecule has 2 heterocycles. The first-order chi connectivity index (χ1) is 13.9. The lowest BCUT2D eigenvalue weighted by atomic mass is 9.69. The minimum absolute atomic E-state index is 0.0912. The van der Waals surface area contributed by atoms with Crippen molar-refractivity contribution in [3.8, 4) is 5.75 Å². The molecule has 1 N–H and O–H groups in total. The molecule has 1 aliphatic carbocycles. The number of hydrogen-bond acceptors (Lipinski definition) is 4. The van der Waals surface area contributed by atoms with Gasteiger partial charge >= 0.3 is 0 Å². The molecule has 2 bridgehead atoms. The van der Waals surface area contributed by atoms with Gasteiger partial charge < -0.3 is 19.5 Å². The zero-order valence-corrected chi connectivity index (χ0v) is 18.3. The number of aliphatic hydroxyl groups is 1. The highest BCUT2D eigenvalue weighted by atomic mass is 16.5. The summed E-state index contributed by atoms with van der Waals surface area (Å²) in [5.41, 5.74) is 2.59. The summed E-state index contributed by atoms with van der Waals surface area (Å²) in [6.07, 6.45) is 8.22. The quantitative estimate of drug-likeness (QED) is 0.702. The van der Waals surface area contributed by atoms with Crippen LogP contribution in [0.1, 0.15) is 64.5 Å². The molecule has 2 fully saturated rings. The summed E-state index contributed by atoms with van der Waals surface area (Å²) >= 11 is 0. The number of benzene rings is 1. The number of rotatable bonds is 6. The average molecular weight is 400 g/mol. The molecular formula is C25H37NO3. The van der Waals surface area contributed by atoms with Crippen molar-refractivity contribution in [3.63, 3.8) is 0 Å². The maximum absolute atomic E-state index is 10.3. The van der Waals surface area contributed by atoms with Gasteiger partial charge in [0, 0.05) is 12.5 Å². The summed E-state index contributed by atoms with van der Waals surface area (Å²) in [4.78, 5) is 2.34. The third kappa shape index (κ3) is 4.87. The number of likely N-dealkylation sites (tertiary alicyclic amines) is 1. The van der Waals surface area contributed by atoms with Crippen LogP contribution in [0.2, 0.25) is 0 Å². The molecule has 4 atom stereocenters. The molecule has 0 radical (unpaired) electrons.